The molecular formula is C5H8N2S2. The molecular weight excluding hydrogens is 152 g/mol. The molecule has 0 bridgehead atoms. The van der Waals surface area contributed by atoms with Gasteiger partial charge in [0.25, 0.3) is 0 Å². The Bertz CT molecular complexity index is 185. The van der Waals surface area contributed by atoms with Crippen LogP contribution < -0.4 is 0 Å². The maximum Gasteiger partial charge on any atom is 0.152 e. The number of hydrogen-bond donors (Lipinski definition) is 0. The number of rotatable bonds is 2. The number of aromatic nitrogens is 2. The molecule has 1 aromatic heterocycles. The van der Waals surface area contributed by atoms with Crippen LogP contribution in [0.3, 0.4) is 0 Å². The fraction of sp³-hybridized carbons (Fsp3) is 0.600. The second-order valence-electron chi connectivity index (χ2n) is 1.66. The van der Waals surface area contributed by atoms with E-state index in [1.54, 1.807) is 11.8 Å². The van der Waals surface area contributed by atoms with Crippen LogP contribution in [0.5, 0.6) is 0 Å². The molecule has 4 heteroatoms. The Morgan fingerprint density at radius 2 is 2.44 bits per heavy atom. The van der Waals surface area contributed by atoms with E-state index in [9.17, 15) is 0 Å². The van der Waals surface area contributed by atoms with Gasteiger partial charge in [0.05, 0.1) is 5.75 Å². The Morgan fingerprint density at radius 1 is 1.67 bits per heavy atom. The lowest BCUT2D eigenvalue weighted by molar-refractivity contribution is 1.11. The van der Waals surface area contributed by atoms with Crippen molar-refractivity contribution in [2.45, 2.75) is 12.7 Å². The Balaban J connectivity index is 2.61. The van der Waals surface area contributed by atoms with Gasteiger partial charge in [-0.2, -0.15) is 16.1 Å². The molecule has 9 heavy (non-hydrogen) atoms. The van der Waals surface area contributed by atoms with Gasteiger partial charge in [-0.05, 0) is 24.7 Å². The fourth-order valence-electron chi connectivity index (χ4n) is 0.529. The summed E-state index contributed by atoms with van der Waals surface area (Å²) in [5, 5.41) is 1.05. The molecule has 50 valence electrons. The summed E-state index contributed by atoms with van der Waals surface area (Å²) in [4.78, 5) is 4.19. The fourth-order valence-corrected chi connectivity index (χ4v) is 1.49. The Morgan fingerprint density at radius 3 is 2.89 bits per heavy atom. The Labute approximate surface area is 62.9 Å². The minimum Gasteiger partial charge on any atom is -0.224 e. The molecule has 0 aliphatic rings. The largest absolute Gasteiger partial charge is 0.224 e. The van der Waals surface area contributed by atoms with Gasteiger partial charge in [-0.15, -0.1) is 0 Å². The highest BCUT2D eigenvalue weighted by molar-refractivity contribution is 7.97. The first-order valence-corrected chi connectivity index (χ1v) is 4.78. The molecule has 0 N–H and O–H groups in total. The van der Waals surface area contributed by atoms with Crippen LogP contribution in [0.25, 0.3) is 0 Å². The SMILES string of the molecule is CSCc1nsc(C)n1. The van der Waals surface area contributed by atoms with Crippen molar-refractivity contribution in [2.75, 3.05) is 6.26 Å². The lowest BCUT2D eigenvalue weighted by atomic mass is 10.7. The van der Waals surface area contributed by atoms with Crippen molar-refractivity contribution < 1.29 is 0 Å². The average Bonchev–Trinajstić information content (AvgIpc) is 2.17. The quantitative estimate of drug-likeness (QED) is 0.658. The number of nitrogens with zero attached hydrogens (tertiary/aromatic N) is 2. The minimum atomic E-state index is 0.935. The summed E-state index contributed by atoms with van der Waals surface area (Å²) in [6.45, 7) is 1.97. The summed E-state index contributed by atoms with van der Waals surface area (Å²) >= 11 is 3.22. The third kappa shape index (κ3) is 1.95. The third-order valence-corrected chi connectivity index (χ3v) is 2.05. The van der Waals surface area contributed by atoms with Crippen molar-refractivity contribution in [1.82, 2.24) is 9.36 Å². The highest BCUT2D eigenvalue weighted by Gasteiger charge is 1.96. The Hall–Kier alpha value is -0.0900. The van der Waals surface area contributed by atoms with Gasteiger partial charge in [-0.1, -0.05) is 0 Å². The molecule has 0 atom stereocenters. The minimum absolute atomic E-state index is 0.935. The van der Waals surface area contributed by atoms with Gasteiger partial charge in [0, 0.05) is 0 Å². The van der Waals surface area contributed by atoms with E-state index in [4.69, 9.17) is 0 Å². The Kier molecular flexibility index (Phi) is 2.48. The number of hydrogen-bond acceptors (Lipinski definition) is 4. The zero-order chi connectivity index (χ0) is 6.69. The highest BCUT2D eigenvalue weighted by atomic mass is 32.2. The van der Waals surface area contributed by atoms with E-state index < -0.39 is 0 Å². The highest BCUT2D eigenvalue weighted by Crippen LogP contribution is 2.07. The second kappa shape index (κ2) is 3.17. The van der Waals surface area contributed by atoms with Crippen LogP contribution in [0.15, 0.2) is 0 Å². The van der Waals surface area contributed by atoms with E-state index in [1.165, 1.54) is 11.5 Å². The maximum absolute atomic E-state index is 4.19. The number of thioether (sulfide) groups is 1. The van der Waals surface area contributed by atoms with Gasteiger partial charge in [-0.3, -0.25) is 0 Å². The first-order valence-electron chi connectivity index (χ1n) is 2.61. The molecule has 0 aromatic carbocycles. The van der Waals surface area contributed by atoms with Crippen LogP contribution in [-0.4, -0.2) is 15.6 Å². The summed E-state index contributed by atoms with van der Waals surface area (Å²) in [5.41, 5.74) is 0. The molecule has 0 aliphatic heterocycles. The summed E-state index contributed by atoms with van der Waals surface area (Å²) in [5.74, 6) is 1.90. The molecule has 0 aliphatic carbocycles. The van der Waals surface area contributed by atoms with Crippen LogP contribution in [-0.2, 0) is 5.75 Å². The maximum atomic E-state index is 4.19. The molecule has 0 radical (unpaired) electrons. The standard InChI is InChI=1S/C5H8N2S2/c1-4-6-5(3-8-2)7-9-4/h3H2,1-2H3. The number of aryl methyl sites for hydroxylation is 1. The summed E-state index contributed by atoms with van der Waals surface area (Å²) in [6, 6.07) is 0. The van der Waals surface area contributed by atoms with Gasteiger partial charge < -0.3 is 0 Å². The predicted octanol–water partition coefficient (Wildman–Crippen LogP) is 1.71. The zero-order valence-corrected chi connectivity index (χ0v) is 7.05. The normalized spacial score (nSPS) is 10.0. The van der Waals surface area contributed by atoms with Gasteiger partial charge in [0.2, 0.25) is 0 Å². The molecule has 0 saturated heterocycles. The average molecular weight is 160 g/mol. The predicted molar refractivity (Wildman–Crippen MR) is 41.9 cm³/mol. The van der Waals surface area contributed by atoms with Crippen molar-refractivity contribution >= 4 is 23.3 Å². The van der Waals surface area contributed by atoms with Crippen molar-refractivity contribution in [3.05, 3.63) is 10.8 Å². The van der Waals surface area contributed by atoms with Crippen molar-refractivity contribution in [2.24, 2.45) is 0 Å². The van der Waals surface area contributed by atoms with Crippen molar-refractivity contribution in [3.8, 4) is 0 Å². The molecule has 0 amide bonds. The monoisotopic (exact) mass is 160 g/mol. The summed E-state index contributed by atoms with van der Waals surface area (Å²) in [6.07, 6.45) is 2.05. The molecule has 0 unspecified atom stereocenters. The van der Waals surface area contributed by atoms with E-state index in [-0.39, 0.29) is 0 Å². The molecule has 0 saturated carbocycles. The van der Waals surface area contributed by atoms with Crippen LogP contribution in [0, 0.1) is 6.92 Å². The van der Waals surface area contributed by atoms with Gasteiger partial charge in [0.15, 0.2) is 5.82 Å². The lowest BCUT2D eigenvalue weighted by Gasteiger charge is -1.84. The zero-order valence-electron chi connectivity index (χ0n) is 5.42. The van der Waals surface area contributed by atoms with Gasteiger partial charge in [-0.25, -0.2) is 4.98 Å². The molecule has 1 aromatic rings. The molecule has 1 rings (SSSR count). The van der Waals surface area contributed by atoms with E-state index in [1.807, 2.05) is 6.92 Å². The van der Waals surface area contributed by atoms with Crippen molar-refractivity contribution in [1.29, 1.82) is 0 Å². The molecule has 0 fully saturated rings. The van der Waals surface area contributed by atoms with Crippen LogP contribution in [0.2, 0.25) is 0 Å². The van der Waals surface area contributed by atoms with E-state index in [2.05, 4.69) is 15.6 Å². The lowest BCUT2D eigenvalue weighted by Crippen LogP contribution is -1.80. The molecule has 1 heterocycles. The summed E-state index contributed by atoms with van der Waals surface area (Å²) in [7, 11) is 0. The van der Waals surface area contributed by atoms with Crippen LogP contribution >= 0.6 is 23.3 Å². The molecule has 0 spiro atoms. The second-order valence-corrected chi connectivity index (χ2v) is 3.48. The van der Waals surface area contributed by atoms with E-state index >= 15 is 0 Å². The van der Waals surface area contributed by atoms with Crippen LogP contribution in [0.1, 0.15) is 10.8 Å². The first-order chi connectivity index (χ1) is 4.33. The van der Waals surface area contributed by atoms with Gasteiger partial charge in [0.1, 0.15) is 5.01 Å². The molecule has 2 nitrogen and oxygen atoms in total. The van der Waals surface area contributed by atoms with Crippen molar-refractivity contribution in [3.63, 3.8) is 0 Å². The van der Waals surface area contributed by atoms with E-state index in [0.29, 0.717) is 0 Å². The summed E-state index contributed by atoms with van der Waals surface area (Å²) < 4.78 is 4.12. The van der Waals surface area contributed by atoms with E-state index in [0.717, 1.165) is 16.6 Å². The first kappa shape index (κ1) is 7.02. The van der Waals surface area contributed by atoms with Crippen LogP contribution in [0.4, 0.5) is 0 Å². The topological polar surface area (TPSA) is 25.8 Å². The smallest absolute Gasteiger partial charge is 0.152 e. The van der Waals surface area contributed by atoms with Gasteiger partial charge >= 0.3 is 0 Å². The third-order valence-electron chi connectivity index (χ3n) is 0.843.